The maximum atomic E-state index is 5.13. The zero-order valence-electron chi connectivity index (χ0n) is 12.0. The molecule has 1 aromatic heterocycles. The number of methoxy groups -OCH3 is 1. The van der Waals surface area contributed by atoms with Crippen LogP contribution in [0.15, 0.2) is 30.3 Å². The van der Waals surface area contributed by atoms with E-state index in [1.807, 2.05) is 42.3 Å². The van der Waals surface area contributed by atoms with Crippen molar-refractivity contribution in [3.63, 3.8) is 0 Å². The van der Waals surface area contributed by atoms with E-state index in [1.165, 1.54) is 0 Å². The standard InChI is InChI=1S/C14H19N5O/c1-4-10-15-12-16-13(18-14(17-12)20-3)19(2)11-8-6-5-7-9-11/h5-9H,4,10H2,1-3H3,(H,15,16,17,18). The third-order valence-electron chi connectivity index (χ3n) is 2.76. The molecule has 0 bridgehead atoms. The number of nitrogens with one attached hydrogen (secondary N) is 1. The lowest BCUT2D eigenvalue weighted by Crippen LogP contribution is -2.16. The summed E-state index contributed by atoms with van der Waals surface area (Å²) in [5.74, 6) is 1.07. The molecule has 0 amide bonds. The Labute approximate surface area is 118 Å². The monoisotopic (exact) mass is 273 g/mol. The van der Waals surface area contributed by atoms with E-state index in [0.29, 0.717) is 17.9 Å². The van der Waals surface area contributed by atoms with Gasteiger partial charge in [-0.05, 0) is 18.6 Å². The molecule has 1 heterocycles. The highest BCUT2D eigenvalue weighted by molar-refractivity contribution is 5.56. The quantitative estimate of drug-likeness (QED) is 0.872. The smallest absolute Gasteiger partial charge is 0.322 e. The lowest BCUT2D eigenvalue weighted by molar-refractivity contribution is 0.379. The van der Waals surface area contributed by atoms with E-state index in [4.69, 9.17) is 4.74 Å². The first-order valence-electron chi connectivity index (χ1n) is 6.57. The summed E-state index contributed by atoms with van der Waals surface area (Å²) in [4.78, 5) is 14.8. The van der Waals surface area contributed by atoms with Crippen molar-refractivity contribution in [1.82, 2.24) is 15.0 Å². The van der Waals surface area contributed by atoms with Crippen LogP contribution in [-0.4, -0.2) is 35.7 Å². The van der Waals surface area contributed by atoms with Gasteiger partial charge < -0.3 is 15.0 Å². The molecule has 0 saturated heterocycles. The highest BCUT2D eigenvalue weighted by Crippen LogP contribution is 2.21. The Morgan fingerprint density at radius 3 is 2.55 bits per heavy atom. The van der Waals surface area contributed by atoms with Gasteiger partial charge in [-0.3, -0.25) is 0 Å². The molecule has 1 aromatic carbocycles. The van der Waals surface area contributed by atoms with Crippen molar-refractivity contribution >= 4 is 17.6 Å². The Hall–Kier alpha value is -2.37. The number of hydrogen-bond acceptors (Lipinski definition) is 6. The summed E-state index contributed by atoms with van der Waals surface area (Å²) in [6, 6.07) is 10.2. The largest absolute Gasteiger partial charge is 0.467 e. The highest BCUT2D eigenvalue weighted by atomic mass is 16.5. The van der Waals surface area contributed by atoms with Crippen LogP contribution >= 0.6 is 0 Å². The van der Waals surface area contributed by atoms with E-state index < -0.39 is 0 Å². The summed E-state index contributed by atoms with van der Waals surface area (Å²) < 4.78 is 5.13. The second kappa shape index (κ2) is 6.70. The zero-order chi connectivity index (χ0) is 14.4. The summed E-state index contributed by atoms with van der Waals surface area (Å²) in [6.45, 7) is 2.89. The Kier molecular flexibility index (Phi) is 4.70. The third-order valence-corrected chi connectivity index (χ3v) is 2.76. The minimum Gasteiger partial charge on any atom is -0.467 e. The van der Waals surface area contributed by atoms with E-state index in [1.54, 1.807) is 7.11 Å². The van der Waals surface area contributed by atoms with Gasteiger partial charge in [-0.15, -0.1) is 0 Å². The Bertz CT molecular complexity index is 547. The summed E-state index contributed by atoms with van der Waals surface area (Å²) in [5.41, 5.74) is 1.00. The van der Waals surface area contributed by atoms with Gasteiger partial charge in [-0.1, -0.05) is 25.1 Å². The van der Waals surface area contributed by atoms with Crippen LogP contribution in [-0.2, 0) is 0 Å². The average Bonchev–Trinajstić information content (AvgIpc) is 2.52. The molecule has 0 atom stereocenters. The number of anilines is 3. The minimum absolute atomic E-state index is 0.302. The normalized spacial score (nSPS) is 10.2. The molecular weight excluding hydrogens is 254 g/mol. The molecule has 0 spiro atoms. The second-order valence-electron chi connectivity index (χ2n) is 4.27. The van der Waals surface area contributed by atoms with Crippen molar-refractivity contribution in [2.75, 3.05) is 30.9 Å². The average molecular weight is 273 g/mol. The molecular formula is C14H19N5O. The highest BCUT2D eigenvalue weighted by Gasteiger charge is 2.11. The number of rotatable bonds is 6. The van der Waals surface area contributed by atoms with Crippen molar-refractivity contribution in [2.45, 2.75) is 13.3 Å². The van der Waals surface area contributed by atoms with E-state index >= 15 is 0 Å². The van der Waals surface area contributed by atoms with E-state index in [2.05, 4.69) is 27.2 Å². The van der Waals surface area contributed by atoms with Gasteiger partial charge in [0.05, 0.1) is 7.11 Å². The first kappa shape index (κ1) is 14.0. The predicted molar refractivity (Wildman–Crippen MR) is 79.7 cm³/mol. The maximum Gasteiger partial charge on any atom is 0.322 e. The van der Waals surface area contributed by atoms with Crippen LogP contribution in [0.5, 0.6) is 6.01 Å². The van der Waals surface area contributed by atoms with Crippen molar-refractivity contribution in [3.05, 3.63) is 30.3 Å². The topological polar surface area (TPSA) is 63.2 Å². The molecule has 0 fully saturated rings. The van der Waals surface area contributed by atoms with Gasteiger partial charge in [-0.2, -0.15) is 15.0 Å². The van der Waals surface area contributed by atoms with E-state index in [9.17, 15) is 0 Å². The molecule has 6 heteroatoms. The summed E-state index contributed by atoms with van der Waals surface area (Å²) >= 11 is 0. The molecule has 0 unspecified atom stereocenters. The number of ether oxygens (including phenoxy) is 1. The van der Waals surface area contributed by atoms with Crippen LogP contribution < -0.4 is 15.0 Å². The van der Waals surface area contributed by atoms with E-state index in [0.717, 1.165) is 18.7 Å². The number of aromatic nitrogens is 3. The van der Waals surface area contributed by atoms with Crippen LogP contribution in [0.3, 0.4) is 0 Å². The van der Waals surface area contributed by atoms with Gasteiger partial charge in [-0.25, -0.2) is 0 Å². The molecule has 2 aromatic rings. The van der Waals surface area contributed by atoms with Crippen LogP contribution in [0.25, 0.3) is 0 Å². The number of benzene rings is 1. The lowest BCUT2D eigenvalue weighted by Gasteiger charge is -2.18. The zero-order valence-corrected chi connectivity index (χ0v) is 12.0. The van der Waals surface area contributed by atoms with Gasteiger partial charge in [0.15, 0.2) is 0 Å². The summed E-state index contributed by atoms with van der Waals surface area (Å²) in [5, 5.41) is 3.15. The van der Waals surface area contributed by atoms with Crippen molar-refractivity contribution < 1.29 is 4.74 Å². The number of hydrogen-bond donors (Lipinski definition) is 1. The molecule has 0 aliphatic carbocycles. The molecule has 0 saturated carbocycles. The van der Waals surface area contributed by atoms with E-state index in [-0.39, 0.29) is 0 Å². The van der Waals surface area contributed by atoms with Gasteiger partial charge in [0, 0.05) is 19.3 Å². The van der Waals surface area contributed by atoms with Crippen LogP contribution in [0.4, 0.5) is 17.6 Å². The molecule has 2 rings (SSSR count). The number of para-hydroxylation sites is 1. The van der Waals surface area contributed by atoms with Crippen molar-refractivity contribution in [3.8, 4) is 6.01 Å². The Morgan fingerprint density at radius 2 is 1.90 bits per heavy atom. The van der Waals surface area contributed by atoms with Crippen LogP contribution in [0.1, 0.15) is 13.3 Å². The van der Waals surface area contributed by atoms with Gasteiger partial charge in [0.2, 0.25) is 11.9 Å². The minimum atomic E-state index is 0.302. The van der Waals surface area contributed by atoms with Gasteiger partial charge in [0.1, 0.15) is 0 Å². The van der Waals surface area contributed by atoms with Gasteiger partial charge in [0.25, 0.3) is 0 Å². The fraction of sp³-hybridized carbons (Fsp3) is 0.357. The fourth-order valence-electron chi connectivity index (χ4n) is 1.67. The Balaban J connectivity index is 2.30. The second-order valence-corrected chi connectivity index (χ2v) is 4.27. The molecule has 6 nitrogen and oxygen atoms in total. The molecule has 0 aliphatic rings. The summed E-state index contributed by atoms with van der Waals surface area (Å²) in [6.07, 6.45) is 0.998. The third kappa shape index (κ3) is 3.34. The first-order chi connectivity index (χ1) is 9.74. The molecule has 106 valence electrons. The lowest BCUT2D eigenvalue weighted by atomic mass is 10.3. The van der Waals surface area contributed by atoms with Crippen molar-refractivity contribution in [2.24, 2.45) is 0 Å². The summed E-state index contributed by atoms with van der Waals surface area (Å²) in [7, 11) is 3.46. The SMILES string of the molecule is CCCNc1nc(OC)nc(N(C)c2ccccc2)n1. The van der Waals surface area contributed by atoms with Crippen LogP contribution in [0.2, 0.25) is 0 Å². The maximum absolute atomic E-state index is 5.13. The van der Waals surface area contributed by atoms with Gasteiger partial charge >= 0.3 is 6.01 Å². The number of nitrogens with zero attached hydrogens (tertiary/aromatic N) is 4. The predicted octanol–water partition coefficient (Wildman–Crippen LogP) is 2.47. The Morgan fingerprint density at radius 1 is 1.15 bits per heavy atom. The molecule has 0 radical (unpaired) electrons. The van der Waals surface area contributed by atoms with Crippen LogP contribution in [0, 0.1) is 0 Å². The molecule has 20 heavy (non-hydrogen) atoms. The fourth-order valence-corrected chi connectivity index (χ4v) is 1.67. The molecule has 0 aliphatic heterocycles. The van der Waals surface area contributed by atoms with Crippen molar-refractivity contribution in [1.29, 1.82) is 0 Å². The first-order valence-corrected chi connectivity index (χ1v) is 6.57. The molecule has 1 N–H and O–H groups in total.